The number of benzene rings is 2. The Bertz CT molecular complexity index is 861. The highest BCUT2D eigenvalue weighted by Gasteiger charge is 2.12. The molecule has 0 aliphatic heterocycles. The van der Waals surface area contributed by atoms with Crippen molar-refractivity contribution in [1.82, 2.24) is 10.6 Å². The zero-order valence-electron chi connectivity index (χ0n) is 18.9. The van der Waals surface area contributed by atoms with Crippen LogP contribution in [0.1, 0.15) is 11.1 Å². The molecule has 0 heterocycles. The van der Waals surface area contributed by atoms with Gasteiger partial charge < -0.3 is 34.3 Å². The molecule has 9 heteroatoms. The maximum absolute atomic E-state index is 5.48. The Morgan fingerprint density at radius 2 is 1.32 bits per heavy atom. The first-order chi connectivity index (χ1) is 14.6. The summed E-state index contributed by atoms with van der Waals surface area (Å²) in [4.78, 5) is 4.28. The molecule has 0 bridgehead atoms. The third-order valence-electron chi connectivity index (χ3n) is 4.61. The topological polar surface area (TPSA) is 82.6 Å². The number of halogens is 1. The zero-order chi connectivity index (χ0) is 21.9. The van der Waals surface area contributed by atoms with E-state index in [1.165, 1.54) is 0 Å². The third-order valence-corrected chi connectivity index (χ3v) is 4.61. The molecule has 31 heavy (non-hydrogen) atoms. The smallest absolute Gasteiger partial charge is 0.191 e. The lowest BCUT2D eigenvalue weighted by molar-refractivity contribution is 0.347. The van der Waals surface area contributed by atoms with Gasteiger partial charge in [-0.25, -0.2) is 0 Å². The van der Waals surface area contributed by atoms with Gasteiger partial charge in [-0.1, -0.05) is 6.07 Å². The summed E-state index contributed by atoms with van der Waals surface area (Å²) in [5.41, 5.74) is 2.06. The van der Waals surface area contributed by atoms with Crippen LogP contribution in [0, 0.1) is 0 Å². The molecule has 2 rings (SSSR count). The molecule has 0 aromatic heterocycles. The van der Waals surface area contributed by atoms with Crippen LogP contribution in [0.5, 0.6) is 28.7 Å². The first-order valence-corrected chi connectivity index (χ1v) is 9.54. The molecule has 0 unspecified atom stereocenters. The maximum atomic E-state index is 5.48. The van der Waals surface area contributed by atoms with Crippen LogP contribution in [-0.2, 0) is 13.0 Å². The van der Waals surface area contributed by atoms with Gasteiger partial charge in [-0.3, -0.25) is 4.99 Å². The normalized spacial score (nSPS) is 10.6. The number of ether oxygens (including phenoxy) is 5. The first-order valence-electron chi connectivity index (χ1n) is 9.54. The minimum absolute atomic E-state index is 0. The Morgan fingerprint density at radius 1 is 0.742 bits per heavy atom. The van der Waals surface area contributed by atoms with E-state index in [-0.39, 0.29) is 24.0 Å². The average Bonchev–Trinajstić information content (AvgIpc) is 2.80. The zero-order valence-corrected chi connectivity index (χ0v) is 21.2. The summed E-state index contributed by atoms with van der Waals surface area (Å²) in [7, 11) is 9.82. The first kappa shape index (κ1) is 26.5. The van der Waals surface area contributed by atoms with E-state index < -0.39 is 0 Å². The van der Waals surface area contributed by atoms with Crippen molar-refractivity contribution in [2.24, 2.45) is 4.99 Å². The van der Waals surface area contributed by atoms with Crippen LogP contribution in [0.3, 0.4) is 0 Å². The van der Waals surface area contributed by atoms with Crippen molar-refractivity contribution < 1.29 is 23.7 Å². The van der Waals surface area contributed by atoms with E-state index in [2.05, 4.69) is 15.6 Å². The van der Waals surface area contributed by atoms with Crippen molar-refractivity contribution in [2.45, 2.75) is 13.0 Å². The lowest BCUT2D eigenvalue weighted by Gasteiger charge is -2.16. The highest BCUT2D eigenvalue weighted by molar-refractivity contribution is 14.0. The van der Waals surface area contributed by atoms with Gasteiger partial charge in [-0.2, -0.15) is 0 Å². The maximum Gasteiger partial charge on any atom is 0.191 e. The monoisotopic (exact) mass is 545 g/mol. The van der Waals surface area contributed by atoms with E-state index in [0.29, 0.717) is 36.3 Å². The predicted octanol–water partition coefficient (Wildman–Crippen LogP) is 3.26. The van der Waals surface area contributed by atoms with Crippen LogP contribution in [0.15, 0.2) is 35.3 Å². The second kappa shape index (κ2) is 13.7. The fourth-order valence-electron chi connectivity index (χ4n) is 2.99. The second-order valence-electron chi connectivity index (χ2n) is 6.31. The number of methoxy groups -OCH3 is 5. The molecule has 2 aromatic rings. The lowest BCUT2D eigenvalue weighted by atomic mass is 10.1. The molecule has 2 aromatic carbocycles. The molecule has 0 amide bonds. The van der Waals surface area contributed by atoms with Gasteiger partial charge in [0.05, 0.1) is 35.5 Å². The standard InChI is InChI=1S/C22H31N3O5.HI/c1-23-22(24-10-9-15-7-8-17(26-2)19(11-15)28-4)25-14-16-12-20(29-5)21(30-6)13-18(16)27-3;/h7-8,11-13H,9-10,14H2,1-6H3,(H2,23,24,25);1H. The van der Waals surface area contributed by atoms with Crippen LogP contribution in [0.2, 0.25) is 0 Å². The van der Waals surface area contributed by atoms with Crippen molar-refractivity contribution >= 4 is 29.9 Å². The number of nitrogens with zero attached hydrogens (tertiary/aromatic N) is 1. The van der Waals surface area contributed by atoms with Crippen molar-refractivity contribution in [3.8, 4) is 28.7 Å². The van der Waals surface area contributed by atoms with Crippen LogP contribution < -0.4 is 34.3 Å². The molecule has 2 N–H and O–H groups in total. The predicted molar refractivity (Wildman–Crippen MR) is 133 cm³/mol. The summed E-state index contributed by atoms with van der Waals surface area (Å²) < 4.78 is 26.8. The van der Waals surface area contributed by atoms with Gasteiger partial charge in [0.25, 0.3) is 0 Å². The fraction of sp³-hybridized carbons (Fsp3) is 0.409. The van der Waals surface area contributed by atoms with Crippen molar-refractivity contribution in [1.29, 1.82) is 0 Å². The fourth-order valence-corrected chi connectivity index (χ4v) is 2.99. The van der Waals surface area contributed by atoms with Crippen LogP contribution in [-0.4, -0.2) is 55.1 Å². The summed E-state index contributed by atoms with van der Waals surface area (Å²) in [5.74, 6) is 4.10. The van der Waals surface area contributed by atoms with Crippen molar-refractivity contribution in [3.63, 3.8) is 0 Å². The minimum Gasteiger partial charge on any atom is -0.496 e. The van der Waals surface area contributed by atoms with E-state index >= 15 is 0 Å². The number of rotatable bonds is 10. The Labute approximate surface area is 201 Å². The molecule has 172 valence electrons. The van der Waals surface area contributed by atoms with Crippen molar-refractivity contribution in [2.75, 3.05) is 49.1 Å². The van der Waals surface area contributed by atoms with Crippen molar-refractivity contribution in [3.05, 3.63) is 41.5 Å². The van der Waals surface area contributed by atoms with Gasteiger partial charge in [0.1, 0.15) is 5.75 Å². The Hall–Kier alpha value is -2.56. The molecule has 0 aliphatic rings. The van der Waals surface area contributed by atoms with Gasteiger partial charge in [0.2, 0.25) is 0 Å². The number of hydrogen-bond donors (Lipinski definition) is 2. The van der Waals surface area contributed by atoms with Crippen LogP contribution in [0.4, 0.5) is 0 Å². The van der Waals surface area contributed by atoms with Gasteiger partial charge in [-0.15, -0.1) is 24.0 Å². The number of hydrogen-bond acceptors (Lipinski definition) is 6. The molecular weight excluding hydrogens is 513 g/mol. The summed E-state index contributed by atoms with van der Waals surface area (Å²) in [6.07, 6.45) is 0.806. The van der Waals surface area contributed by atoms with E-state index in [1.54, 1.807) is 42.6 Å². The minimum atomic E-state index is 0. The Kier molecular flexibility index (Phi) is 11.7. The molecule has 0 atom stereocenters. The summed E-state index contributed by atoms with van der Waals surface area (Å²) in [6, 6.07) is 9.61. The molecule has 0 saturated heterocycles. The number of aliphatic imine (C=N–C) groups is 1. The van der Waals surface area contributed by atoms with Gasteiger partial charge in [0.15, 0.2) is 29.0 Å². The van der Waals surface area contributed by atoms with Gasteiger partial charge in [0, 0.05) is 31.8 Å². The molecule has 0 radical (unpaired) electrons. The largest absolute Gasteiger partial charge is 0.496 e. The Morgan fingerprint density at radius 3 is 1.90 bits per heavy atom. The average molecular weight is 545 g/mol. The highest BCUT2D eigenvalue weighted by atomic mass is 127. The SMILES string of the molecule is CN=C(NCCc1ccc(OC)c(OC)c1)NCc1cc(OC)c(OC)cc1OC.I. The number of guanidine groups is 1. The van der Waals surface area contributed by atoms with E-state index in [1.807, 2.05) is 30.3 Å². The summed E-state index contributed by atoms with van der Waals surface area (Å²) in [5, 5.41) is 6.61. The van der Waals surface area contributed by atoms with Gasteiger partial charge >= 0.3 is 0 Å². The summed E-state index contributed by atoms with van der Waals surface area (Å²) in [6.45, 7) is 1.22. The van der Waals surface area contributed by atoms with Crippen LogP contribution in [0.25, 0.3) is 0 Å². The Balaban J connectivity index is 0.00000480. The third kappa shape index (κ3) is 7.27. The highest BCUT2D eigenvalue weighted by Crippen LogP contribution is 2.34. The van der Waals surface area contributed by atoms with E-state index in [4.69, 9.17) is 23.7 Å². The molecular formula is C22H32IN3O5. The molecule has 0 saturated carbocycles. The lowest BCUT2D eigenvalue weighted by Crippen LogP contribution is -2.37. The molecule has 0 aliphatic carbocycles. The molecule has 0 spiro atoms. The van der Waals surface area contributed by atoms with E-state index in [9.17, 15) is 0 Å². The summed E-state index contributed by atoms with van der Waals surface area (Å²) >= 11 is 0. The van der Waals surface area contributed by atoms with E-state index in [0.717, 1.165) is 29.0 Å². The van der Waals surface area contributed by atoms with Crippen LogP contribution >= 0.6 is 24.0 Å². The molecule has 0 fully saturated rings. The quantitative estimate of drug-likeness (QED) is 0.270. The second-order valence-corrected chi connectivity index (χ2v) is 6.31. The molecule has 8 nitrogen and oxygen atoms in total. The van der Waals surface area contributed by atoms with Gasteiger partial charge in [-0.05, 0) is 30.2 Å². The number of nitrogens with one attached hydrogen (secondary N) is 2.